The maximum Gasteiger partial charge on any atom is 0.191 e. The van der Waals surface area contributed by atoms with Crippen molar-refractivity contribution in [1.82, 2.24) is 20.5 Å². The van der Waals surface area contributed by atoms with E-state index in [1.54, 1.807) is 0 Å². The number of aliphatic imine (C=N–C) groups is 1. The number of rotatable bonds is 7. The molecular formula is C19H30IN5O. The Morgan fingerprint density at radius 3 is 2.81 bits per heavy atom. The van der Waals surface area contributed by atoms with Gasteiger partial charge in [0.1, 0.15) is 0 Å². The highest BCUT2D eigenvalue weighted by atomic mass is 127. The maximum absolute atomic E-state index is 5.38. The van der Waals surface area contributed by atoms with E-state index in [0.29, 0.717) is 6.54 Å². The fourth-order valence-electron chi connectivity index (χ4n) is 3.06. The van der Waals surface area contributed by atoms with Crippen molar-refractivity contribution in [3.05, 3.63) is 36.0 Å². The number of benzene rings is 1. The van der Waals surface area contributed by atoms with E-state index in [1.165, 1.54) is 5.39 Å². The number of fused-ring (bicyclic) bond motifs is 1. The van der Waals surface area contributed by atoms with Gasteiger partial charge < -0.3 is 20.4 Å². The summed E-state index contributed by atoms with van der Waals surface area (Å²) in [6.07, 6.45) is 1.11. The predicted molar refractivity (Wildman–Crippen MR) is 118 cm³/mol. The van der Waals surface area contributed by atoms with Crippen LogP contribution < -0.4 is 10.6 Å². The van der Waals surface area contributed by atoms with Crippen molar-refractivity contribution >= 4 is 40.8 Å². The summed E-state index contributed by atoms with van der Waals surface area (Å²) in [7, 11) is 0. The van der Waals surface area contributed by atoms with Crippen molar-refractivity contribution in [2.75, 3.05) is 45.9 Å². The Balaban J connectivity index is 0.00000243. The third-order valence-electron chi connectivity index (χ3n) is 4.38. The second-order valence-corrected chi connectivity index (χ2v) is 6.31. The Morgan fingerprint density at radius 1 is 1.23 bits per heavy atom. The zero-order valence-corrected chi connectivity index (χ0v) is 17.8. The predicted octanol–water partition coefficient (Wildman–Crippen LogP) is 2.56. The van der Waals surface area contributed by atoms with Gasteiger partial charge in [0.05, 0.1) is 19.8 Å². The molecule has 0 aliphatic carbocycles. The minimum Gasteiger partial charge on any atom is -0.379 e. The summed E-state index contributed by atoms with van der Waals surface area (Å²) in [6, 6.07) is 10.5. The SMILES string of the molecule is CCNC(=NCc1cc2ccccc2[nH]1)NCCCN1CCOCC1.I. The van der Waals surface area contributed by atoms with Gasteiger partial charge >= 0.3 is 0 Å². The minimum absolute atomic E-state index is 0. The van der Waals surface area contributed by atoms with Crippen LogP contribution in [0.1, 0.15) is 19.0 Å². The van der Waals surface area contributed by atoms with Crippen LogP contribution in [0.2, 0.25) is 0 Å². The van der Waals surface area contributed by atoms with E-state index in [4.69, 9.17) is 9.73 Å². The number of hydrogen-bond donors (Lipinski definition) is 3. The van der Waals surface area contributed by atoms with E-state index in [2.05, 4.69) is 51.7 Å². The van der Waals surface area contributed by atoms with E-state index in [-0.39, 0.29) is 24.0 Å². The topological polar surface area (TPSA) is 64.7 Å². The van der Waals surface area contributed by atoms with Crippen molar-refractivity contribution < 1.29 is 4.74 Å². The van der Waals surface area contributed by atoms with Crippen LogP contribution >= 0.6 is 24.0 Å². The van der Waals surface area contributed by atoms with Crippen LogP contribution in [0.25, 0.3) is 10.9 Å². The van der Waals surface area contributed by atoms with Crippen LogP contribution in [0.4, 0.5) is 0 Å². The Hall–Kier alpha value is -1.32. The molecule has 1 aliphatic rings. The zero-order valence-electron chi connectivity index (χ0n) is 15.5. The molecule has 2 heterocycles. The Labute approximate surface area is 172 Å². The van der Waals surface area contributed by atoms with Crippen molar-refractivity contribution in [3.8, 4) is 0 Å². The fourth-order valence-corrected chi connectivity index (χ4v) is 3.06. The average molecular weight is 471 g/mol. The summed E-state index contributed by atoms with van der Waals surface area (Å²) < 4.78 is 5.38. The first-order valence-corrected chi connectivity index (χ1v) is 9.24. The summed E-state index contributed by atoms with van der Waals surface area (Å²) in [4.78, 5) is 10.6. The molecule has 0 atom stereocenters. The van der Waals surface area contributed by atoms with E-state index in [0.717, 1.165) is 69.5 Å². The Morgan fingerprint density at radius 2 is 2.04 bits per heavy atom. The van der Waals surface area contributed by atoms with E-state index in [1.807, 2.05) is 6.07 Å². The van der Waals surface area contributed by atoms with E-state index < -0.39 is 0 Å². The molecule has 6 nitrogen and oxygen atoms in total. The highest BCUT2D eigenvalue weighted by molar-refractivity contribution is 14.0. The number of halogens is 1. The molecule has 0 spiro atoms. The fraction of sp³-hybridized carbons (Fsp3) is 0.526. The molecule has 1 aromatic carbocycles. The first-order valence-electron chi connectivity index (χ1n) is 9.24. The first kappa shape index (κ1) is 21.0. The first-order chi connectivity index (χ1) is 12.3. The van der Waals surface area contributed by atoms with Gasteiger partial charge in [0.2, 0.25) is 0 Å². The smallest absolute Gasteiger partial charge is 0.191 e. The van der Waals surface area contributed by atoms with Gasteiger partial charge in [0.25, 0.3) is 0 Å². The molecule has 26 heavy (non-hydrogen) atoms. The summed E-state index contributed by atoms with van der Waals surface area (Å²) >= 11 is 0. The summed E-state index contributed by atoms with van der Waals surface area (Å²) in [5.74, 6) is 0.878. The second-order valence-electron chi connectivity index (χ2n) is 6.31. The second kappa shape index (κ2) is 11.4. The number of aromatic amines is 1. The van der Waals surface area contributed by atoms with Gasteiger partial charge in [-0.2, -0.15) is 0 Å². The summed E-state index contributed by atoms with van der Waals surface area (Å²) in [5.41, 5.74) is 2.29. The van der Waals surface area contributed by atoms with Gasteiger partial charge in [-0.1, -0.05) is 18.2 Å². The molecule has 1 aliphatic heterocycles. The van der Waals surface area contributed by atoms with E-state index in [9.17, 15) is 0 Å². The number of nitrogens with one attached hydrogen (secondary N) is 3. The third-order valence-corrected chi connectivity index (χ3v) is 4.38. The minimum atomic E-state index is 0. The number of nitrogens with zero attached hydrogens (tertiary/aromatic N) is 2. The lowest BCUT2D eigenvalue weighted by Gasteiger charge is -2.26. The molecule has 1 saturated heterocycles. The van der Waals surface area contributed by atoms with Crippen LogP contribution in [0.3, 0.4) is 0 Å². The lowest BCUT2D eigenvalue weighted by Crippen LogP contribution is -2.40. The van der Waals surface area contributed by atoms with Crippen LogP contribution in [-0.4, -0.2) is 61.8 Å². The molecule has 144 valence electrons. The number of para-hydroxylation sites is 1. The highest BCUT2D eigenvalue weighted by Gasteiger charge is 2.09. The monoisotopic (exact) mass is 471 g/mol. The Kier molecular flexibility index (Phi) is 9.21. The molecule has 0 radical (unpaired) electrons. The van der Waals surface area contributed by atoms with Gasteiger partial charge in [-0.25, -0.2) is 4.99 Å². The van der Waals surface area contributed by atoms with Gasteiger partial charge in [0, 0.05) is 37.4 Å². The van der Waals surface area contributed by atoms with Gasteiger partial charge in [-0.3, -0.25) is 4.90 Å². The molecular weight excluding hydrogens is 441 g/mol. The molecule has 7 heteroatoms. The molecule has 0 amide bonds. The van der Waals surface area contributed by atoms with Crippen LogP contribution in [0.15, 0.2) is 35.3 Å². The van der Waals surface area contributed by atoms with Gasteiger partial charge in [-0.15, -0.1) is 24.0 Å². The average Bonchev–Trinajstić information content (AvgIpc) is 3.07. The van der Waals surface area contributed by atoms with Crippen molar-refractivity contribution in [3.63, 3.8) is 0 Å². The maximum atomic E-state index is 5.38. The van der Waals surface area contributed by atoms with Gasteiger partial charge in [-0.05, 0) is 37.4 Å². The molecule has 3 rings (SSSR count). The number of morpholine rings is 1. The normalized spacial score (nSPS) is 15.7. The lowest BCUT2D eigenvalue weighted by molar-refractivity contribution is 0.0376. The molecule has 1 fully saturated rings. The molecule has 2 aromatic rings. The van der Waals surface area contributed by atoms with Crippen LogP contribution in [-0.2, 0) is 11.3 Å². The van der Waals surface area contributed by atoms with Crippen molar-refractivity contribution in [2.45, 2.75) is 19.9 Å². The number of guanidine groups is 1. The number of aromatic nitrogens is 1. The van der Waals surface area contributed by atoms with E-state index >= 15 is 0 Å². The molecule has 1 aromatic heterocycles. The largest absolute Gasteiger partial charge is 0.379 e. The van der Waals surface area contributed by atoms with Crippen molar-refractivity contribution in [2.24, 2.45) is 4.99 Å². The number of H-pyrrole nitrogens is 1. The van der Waals surface area contributed by atoms with Crippen LogP contribution in [0, 0.1) is 0 Å². The molecule has 0 unspecified atom stereocenters. The summed E-state index contributed by atoms with van der Waals surface area (Å²) in [6.45, 7) is 9.46. The third kappa shape index (κ3) is 6.44. The standard InChI is InChI=1S/C19H29N5O.HI/c1-2-20-19(21-8-5-9-24-10-12-25-13-11-24)22-15-17-14-16-6-3-4-7-18(16)23-17;/h3-4,6-7,14,23H,2,5,8-13,15H2,1H3,(H2,20,21,22);1H. The lowest BCUT2D eigenvalue weighted by atomic mass is 10.2. The zero-order chi connectivity index (χ0) is 17.3. The van der Waals surface area contributed by atoms with Gasteiger partial charge in [0.15, 0.2) is 5.96 Å². The molecule has 3 N–H and O–H groups in total. The molecule has 0 saturated carbocycles. The number of hydrogen-bond acceptors (Lipinski definition) is 3. The van der Waals surface area contributed by atoms with Crippen LogP contribution in [0.5, 0.6) is 0 Å². The highest BCUT2D eigenvalue weighted by Crippen LogP contribution is 2.14. The molecule has 0 bridgehead atoms. The Bertz CT molecular complexity index is 648. The van der Waals surface area contributed by atoms with Crippen molar-refractivity contribution in [1.29, 1.82) is 0 Å². The quantitative estimate of drug-likeness (QED) is 0.252. The summed E-state index contributed by atoms with van der Waals surface area (Å²) in [5, 5.41) is 7.98. The number of ether oxygens (including phenoxy) is 1.